The van der Waals surface area contributed by atoms with Crippen molar-refractivity contribution in [3.05, 3.63) is 39.8 Å². The van der Waals surface area contributed by atoms with Crippen LogP contribution < -0.4 is 5.56 Å². The Morgan fingerprint density at radius 2 is 1.93 bits per heavy atom. The van der Waals surface area contributed by atoms with Crippen LogP contribution in [0.5, 0.6) is 0 Å². The number of aromatic nitrogens is 2. The van der Waals surface area contributed by atoms with Gasteiger partial charge < -0.3 is 14.2 Å². The number of amides is 1. The minimum absolute atomic E-state index is 0.123. The molecule has 0 spiro atoms. The van der Waals surface area contributed by atoms with Crippen LogP contribution in [0.4, 0.5) is 0 Å². The van der Waals surface area contributed by atoms with E-state index in [0.717, 1.165) is 25.4 Å². The van der Waals surface area contributed by atoms with Crippen molar-refractivity contribution in [2.75, 3.05) is 19.7 Å². The monoisotopic (exact) mass is 411 g/mol. The second-order valence-corrected chi connectivity index (χ2v) is 8.46. The van der Waals surface area contributed by atoms with Crippen LogP contribution in [0.15, 0.2) is 23.0 Å². The molecule has 7 nitrogen and oxygen atoms in total. The molecular weight excluding hydrogens is 382 g/mol. The number of ether oxygens (including phenoxy) is 1. The Labute approximate surface area is 176 Å². The lowest BCUT2D eigenvalue weighted by molar-refractivity contribution is -0.137. The first-order valence-electron chi connectivity index (χ1n) is 10.9. The molecule has 1 aliphatic carbocycles. The molecule has 0 radical (unpaired) electrons. The molecule has 1 amide bonds. The number of carbonyl (C=O) groups is 2. The van der Waals surface area contributed by atoms with Gasteiger partial charge >= 0.3 is 5.97 Å². The van der Waals surface area contributed by atoms with Crippen molar-refractivity contribution in [2.24, 2.45) is 11.8 Å². The first-order chi connectivity index (χ1) is 14.5. The van der Waals surface area contributed by atoms with E-state index in [2.05, 4.69) is 4.98 Å². The predicted octanol–water partition coefficient (Wildman–Crippen LogP) is 2.92. The number of rotatable bonds is 4. The SMILES string of the molecule is CCn1c(=O)c(C)nc2cc(C(=O)OCC(=O)N3CC[C@H]4CCCC[C@@H]4C3)ccc21. The molecule has 0 N–H and O–H groups in total. The van der Waals surface area contributed by atoms with Crippen LogP contribution in [0.25, 0.3) is 11.0 Å². The summed E-state index contributed by atoms with van der Waals surface area (Å²) in [5.41, 5.74) is 1.82. The van der Waals surface area contributed by atoms with Gasteiger partial charge in [-0.05, 0) is 56.7 Å². The first kappa shape index (κ1) is 20.6. The number of fused-ring (bicyclic) bond motifs is 2. The van der Waals surface area contributed by atoms with E-state index >= 15 is 0 Å². The highest BCUT2D eigenvalue weighted by Gasteiger charge is 2.33. The molecule has 1 saturated carbocycles. The zero-order chi connectivity index (χ0) is 21.3. The van der Waals surface area contributed by atoms with Gasteiger partial charge in [-0.15, -0.1) is 0 Å². The van der Waals surface area contributed by atoms with Crippen molar-refractivity contribution in [2.45, 2.75) is 52.5 Å². The van der Waals surface area contributed by atoms with Crippen LogP contribution in [-0.4, -0.2) is 46.0 Å². The molecule has 160 valence electrons. The molecule has 2 aromatic rings. The number of hydrogen-bond donors (Lipinski definition) is 0. The molecule has 30 heavy (non-hydrogen) atoms. The molecule has 1 aromatic carbocycles. The van der Waals surface area contributed by atoms with Gasteiger partial charge in [0.2, 0.25) is 0 Å². The van der Waals surface area contributed by atoms with Gasteiger partial charge in [0, 0.05) is 19.6 Å². The van der Waals surface area contributed by atoms with Gasteiger partial charge in [0.05, 0.1) is 16.6 Å². The average molecular weight is 412 g/mol. The molecule has 4 rings (SSSR count). The zero-order valence-electron chi connectivity index (χ0n) is 17.7. The fourth-order valence-corrected chi connectivity index (χ4v) is 4.94. The lowest BCUT2D eigenvalue weighted by Gasteiger charge is -2.41. The summed E-state index contributed by atoms with van der Waals surface area (Å²) in [4.78, 5) is 43.5. The van der Waals surface area contributed by atoms with Gasteiger partial charge in [0.1, 0.15) is 5.69 Å². The van der Waals surface area contributed by atoms with Crippen LogP contribution in [0.2, 0.25) is 0 Å². The van der Waals surface area contributed by atoms with Gasteiger partial charge in [-0.3, -0.25) is 9.59 Å². The lowest BCUT2D eigenvalue weighted by Crippen LogP contribution is -2.46. The van der Waals surface area contributed by atoms with Crippen LogP contribution in [0, 0.1) is 18.8 Å². The van der Waals surface area contributed by atoms with E-state index in [1.54, 1.807) is 29.7 Å². The van der Waals surface area contributed by atoms with Crippen LogP contribution >= 0.6 is 0 Å². The molecular formula is C23H29N3O4. The number of nitrogens with zero attached hydrogens (tertiary/aromatic N) is 3. The van der Waals surface area contributed by atoms with E-state index in [1.807, 2.05) is 11.8 Å². The predicted molar refractivity (Wildman–Crippen MR) is 113 cm³/mol. The normalized spacial score (nSPS) is 21.3. The Kier molecular flexibility index (Phi) is 5.88. The molecule has 2 aliphatic rings. The quantitative estimate of drug-likeness (QED) is 0.723. The van der Waals surface area contributed by atoms with Crippen molar-refractivity contribution < 1.29 is 14.3 Å². The van der Waals surface area contributed by atoms with Gasteiger partial charge in [0.15, 0.2) is 6.61 Å². The first-order valence-corrected chi connectivity index (χ1v) is 10.9. The Morgan fingerprint density at radius 1 is 1.17 bits per heavy atom. The Morgan fingerprint density at radius 3 is 2.70 bits per heavy atom. The van der Waals surface area contributed by atoms with E-state index in [-0.39, 0.29) is 18.1 Å². The van der Waals surface area contributed by atoms with E-state index in [0.29, 0.717) is 34.8 Å². The van der Waals surface area contributed by atoms with E-state index in [4.69, 9.17) is 4.74 Å². The highest BCUT2D eigenvalue weighted by Crippen LogP contribution is 2.36. The largest absolute Gasteiger partial charge is 0.452 e. The lowest BCUT2D eigenvalue weighted by atomic mass is 9.75. The summed E-state index contributed by atoms with van der Waals surface area (Å²) in [6.45, 7) is 5.38. The van der Waals surface area contributed by atoms with Crippen molar-refractivity contribution in [3.8, 4) is 0 Å². The maximum absolute atomic E-state index is 12.6. The summed E-state index contributed by atoms with van der Waals surface area (Å²) in [5, 5.41) is 0. The number of esters is 1. The molecule has 1 aromatic heterocycles. The summed E-state index contributed by atoms with van der Waals surface area (Å²) in [7, 11) is 0. The molecule has 1 saturated heterocycles. The third-order valence-corrected chi connectivity index (χ3v) is 6.63. The highest BCUT2D eigenvalue weighted by molar-refractivity contribution is 5.94. The van der Waals surface area contributed by atoms with Crippen LogP contribution in [-0.2, 0) is 16.1 Å². The molecule has 0 unspecified atom stereocenters. The van der Waals surface area contributed by atoms with Crippen molar-refractivity contribution in [3.63, 3.8) is 0 Å². The number of benzene rings is 1. The number of hydrogen-bond acceptors (Lipinski definition) is 5. The second-order valence-electron chi connectivity index (χ2n) is 8.46. The summed E-state index contributed by atoms with van der Waals surface area (Å²) in [5.74, 6) is 0.672. The Balaban J connectivity index is 1.41. The standard InChI is InChI=1S/C23H29N3O4/c1-3-26-20-9-8-17(12-19(20)24-15(2)22(26)28)23(29)30-14-21(27)25-11-10-16-6-4-5-7-18(16)13-25/h8-9,12,16,18H,3-7,10-11,13-14H2,1-2H3/t16-,18-/m1/s1. The molecule has 2 atom stereocenters. The van der Waals surface area contributed by atoms with Gasteiger partial charge in [-0.1, -0.05) is 19.3 Å². The van der Waals surface area contributed by atoms with Crippen LogP contribution in [0.3, 0.4) is 0 Å². The summed E-state index contributed by atoms with van der Waals surface area (Å²) in [6.07, 6.45) is 6.09. The van der Waals surface area contributed by atoms with Crippen LogP contribution in [0.1, 0.15) is 55.1 Å². The van der Waals surface area contributed by atoms with E-state index in [1.165, 1.54) is 25.7 Å². The third-order valence-electron chi connectivity index (χ3n) is 6.63. The van der Waals surface area contributed by atoms with Crippen molar-refractivity contribution in [1.82, 2.24) is 14.5 Å². The Hall–Kier alpha value is -2.70. The fourth-order valence-electron chi connectivity index (χ4n) is 4.94. The summed E-state index contributed by atoms with van der Waals surface area (Å²) >= 11 is 0. The molecule has 7 heteroatoms. The van der Waals surface area contributed by atoms with Crippen molar-refractivity contribution in [1.29, 1.82) is 0 Å². The molecule has 2 fully saturated rings. The van der Waals surface area contributed by atoms with E-state index in [9.17, 15) is 14.4 Å². The minimum atomic E-state index is -0.550. The van der Waals surface area contributed by atoms with Crippen molar-refractivity contribution >= 4 is 22.9 Å². The number of likely N-dealkylation sites (tertiary alicyclic amines) is 1. The van der Waals surface area contributed by atoms with Gasteiger partial charge in [-0.2, -0.15) is 0 Å². The smallest absolute Gasteiger partial charge is 0.338 e. The number of carbonyl (C=O) groups excluding carboxylic acids is 2. The highest BCUT2D eigenvalue weighted by atomic mass is 16.5. The zero-order valence-corrected chi connectivity index (χ0v) is 17.7. The molecule has 0 bridgehead atoms. The maximum Gasteiger partial charge on any atom is 0.338 e. The molecule has 2 heterocycles. The summed E-state index contributed by atoms with van der Waals surface area (Å²) in [6, 6.07) is 4.94. The fraction of sp³-hybridized carbons (Fsp3) is 0.565. The Bertz CT molecular complexity index is 1030. The van der Waals surface area contributed by atoms with Gasteiger partial charge in [-0.25, -0.2) is 9.78 Å². The number of piperidine rings is 1. The van der Waals surface area contributed by atoms with E-state index < -0.39 is 5.97 Å². The minimum Gasteiger partial charge on any atom is -0.452 e. The maximum atomic E-state index is 12.6. The van der Waals surface area contributed by atoms with Gasteiger partial charge in [0.25, 0.3) is 11.5 Å². The summed E-state index contributed by atoms with van der Waals surface area (Å²) < 4.78 is 6.94. The number of aryl methyl sites for hydroxylation is 2. The average Bonchev–Trinajstić information content (AvgIpc) is 2.77. The second kappa shape index (κ2) is 8.58. The third kappa shape index (κ3) is 3.98. The topological polar surface area (TPSA) is 81.5 Å². The molecule has 1 aliphatic heterocycles.